The van der Waals surface area contributed by atoms with Gasteiger partial charge in [0.25, 0.3) is 5.69 Å². The lowest BCUT2D eigenvalue weighted by molar-refractivity contribution is -0.384. The summed E-state index contributed by atoms with van der Waals surface area (Å²) >= 11 is 0. The molecule has 1 saturated heterocycles. The Balaban J connectivity index is 1.55. The van der Waals surface area contributed by atoms with Crippen molar-refractivity contribution in [3.05, 3.63) is 70.3 Å². The maximum atomic E-state index is 11.0. The fraction of sp³-hybridized carbons (Fsp3) is 0.278. The van der Waals surface area contributed by atoms with Crippen LogP contribution in [0.4, 0.5) is 11.4 Å². The number of anilines is 1. The van der Waals surface area contributed by atoms with Crippen LogP contribution in [-0.4, -0.2) is 28.6 Å². The van der Waals surface area contributed by atoms with Gasteiger partial charge in [-0.3, -0.25) is 20.4 Å². The fourth-order valence-electron chi connectivity index (χ4n) is 2.79. The molecule has 2 aromatic rings. The van der Waals surface area contributed by atoms with E-state index in [2.05, 4.69) is 39.7 Å². The van der Waals surface area contributed by atoms with Crippen molar-refractivity contribution in [2.24, 2.45) is 5.10 Å². The van der Waals surface area contributed by atoms with Crippen LogP contribution in [-0.2, 0) is 6.54 Å². The number of hydrogen-bond donors (Lipinski definition) is 1. The van der Waals surface area contributed by atoms with Gasteiger partial charge in [0.15, 0.2) is 0 Å². The van der Waals surface area contributed by atoms with Crippen molar-refractivity contribution in [3.63, 3.8) is 0 Å². The van der Waals surface area contributed by atoms with Crippen LogP contribution in [0.2, 0.25) is 0 Å². The Hall–Kier alpha value is -2.73. The summed E-state index contributed by atoms with van der Waals surface area (Å²) in [6.07, 6.45) is 1.75. The second-order valence-corrected chi connectivity index (χ2v) is 5.83. The molecule has 0 radical (unpaired) electrons. The molecule has 1 aliphatic rings. The largest absolute Gasteiger partial charge is 0.298 e. The molecular formula is C18H20N4O2. The van der Waals surface area contributed by atoms with E-state index in [0.29, 0.717) is 5.69 Å². The second-order valence-electron chi connectivity index (χ2n) is 5.83. The maximum Gasteiger partial charge on any atom is 0.294 e. The van der Waals surface area contributed by atoms with E-state index < -0.39 is 4.92 Å². The summed E-state index contributed by atoms with van der Waals surface area (Å²) in [4.78, 5) is 13.0. The van der Waals surface area contributed by atoms with Gasteiger partial charge in [-0.15, -0.1) is 0 Å². The van der Waals surface area contributed by atoms with Gasteiger partial charge in [0, 0.05) is 44.3 Å². The molecule has 24 heavy (non-hydrogen) atoms. The van der Waals surface area contributed by atoms with Gasteiger partial charge in [0.1, 0.15) is 5.69 Å². The summed E-state index contributed by atoms with van der Waals surface area (Å²) < 4.78 is 0. The zero-order chi connectivity index (χ0) is 16.8. The zero-order valence-electron chi connectivity index (χ0n) is 13.4. The SMILES string of the molecule is O=[N+]([O-])c1ccccc1NN=C1CCN(Cc2ccccc2)CC1. The first-order valence-corrected chi connectivity index (χ1v) is 8.03. The average molecular weight is 324 g/mol. The van der Waals surface area contributed by atoms with Crippen LogP contribution in [0, 0.1) is 10.1 Å². The van der Waals surface area contributed by atoms with Gasteiger partial charge in [-0.1, -0.05) is 42.5 Å². The Morgan fingerprint density at radius 1 is 1.04 bits per heavy atom. The number of para-hydroxylation sites is 2. The first kappa shape index (κ1) is 16.1. The van der Waals surface area contributed by atoms with E-state index in [0.717, 1.165) is 38.2 Å². The summed E-state index contributed by atoms with van der Waals surface area (Å²) in [5.41, 5.74) is 5.70. The van der Waals surface area contributed by atoms with Crippen LogP contribution in [0.1, 0.15) is 18.4 Å². The Morgan fingerprint density at radius 3 is 2.42 bits per heavy atom. The highest BCUT2D eigenvalue weighted by Gasteiger charge is 2.16. The fourth-order valence-corrected chi connectivity index (χ4v) is 2.79. The second kappa shape index (κ2) is 7.70. The number of hydrazone groups is 1. The summed E-state index contributed by atoms with van der Waals surface area (Å²) in [5, 5.41) is 15.4. The molecule has 1 aliphatic heterocycles. The molecule has 1 fully saturated rings. The molecule has 0 spiro atoms. The van der Waals surface area contributed by atoms with Gasteiger partial charge in [-0.25, -0.2) is 0 Å². The molecule has 1 N–H and O–H groups in total. The molecule has 6 heteroatoms. The smallest absolute Gasteiger partial charge is 0.294 e. The van der Waals surface area contributed by atoms with Gasteiger partial charge in [0.2, 0.25) is 0 Å². The number of nitro groups is 1. The van der Waals surface area contributed by atoms with Crippen molar-refractivity contribution in [1.82, 2.24) is 4.90 Å². The highest BCUT2D eigenvalue weighted by Crippen LogP contribution is 2.23. The minimum absolute atomic E-state index is 0.0448. The first-order chi connectivity index (χ1) is 11.7. The molecule has 2 aromatic carbocycles. The number of nitrogens with one attached hydrogen (secondary N) is 1. The number of nitrogens with zero attached hydrogens (tertiary/aromatic N) is 3. The van der Waals surface area contributed by atoms with Crippen LogP contribution in [0.25, 0.3) is 0 Å². The van der Waals surface area contributed by atoms with E-state index in [4.69, 9.17) is 0 Å². The molecule has 0 amide bonds. The van der Waals surface area contributed by atoms with Crippen LogP contribution in [0.3, 0.4) is 0 Å². The third kappa shape index (κ3) is 4.17. The molecule has 124 valence electrons. The van der Waals surface area contributed by atoms with Crippen LogP contribution < -0.4 is 5.43 Å². The minimum atomic E-state index is -0.398. The molecule has 1 heterocycles. The van der Waals surface area contributed by atoms with Crippen LogP contribution >= 0.6 is 0 Å². The van der Waals surface area contributed by atoms with Gasteiger partial charge in [0.05, 0.1) is 4.92 Å². The lowest BCUT2D eigenvalue weighted by atomic mass is 10.1. The molecule has 0 aromatic heterocycles. The summed E-state index contributed by atoms with van der Waals surface area (Å²) in [7, 11) is 0. The highest BCUT2D eigenvalue weighted by atomic mass is 16.6. The molecular weight excluding hydrogens is 304 g/mol. The monoisotopic (exact) mass is 324 g/mol. The summed E-state index contributed by atoms with van der Waals surface area (Å²) in [6.45, 7) is 2.85. The lowest BCUT2D eigenvalue weighted by Crippen LogP contribution is -2.33. The van der Waals surface area contributed by atoms with Crippen molar-refractivity contribution in [2.45, 2.75) is 19.4 Å². The lowest BCUT2D eigenvalue weighted by Gasteiger charge is -2.27. The summed E-state index contributed by atoms with van der Waals surface area (Å²) in [6, 6.07) is 17.0. The van der Waals surface area contributed by atoms with Crippen molar-refractivity contribution in [2.75, 3.05) is 18.5 Å². The average Bonchev–Trinajstić information content (AvgIpc) is 2.62. The molecule has 6 nitrogen and oxygen atoms in total. The van der Waals surface area contributed by atoms with Crippen molar-refractivity contribution >= 4 is 17.1 Å². The number of benzene rings is 2. The maximum absolute atomic E-state index is 11.0. The van der Waals surface area contributed by atoms with Gasteiger partial charge < -0.3 is 0 Å². The predicted octanol–water partition coefficient (Wildman–Crippen LogP) is 3.66. The molecule has 0 bridgehead atoms. The number of hydrogen-bond acceptors (Lipinski definition) is 5. The highest BCUT2D eigenvalue weighted by molar-refractivity contribution is 5.86. The van der Waals surface area contributed by atoms with Gasteiger partial charge >= 0.3 is 0 Å². The van der Waals surface area contributed by atoms with Crippen LogP contribution in [0.15, 0.2) is 59.7 Å². The molecule has 0 unspecified atom stereocenters. The zero-order valence-corrected chi connectivity index (χ0v) is 13.4. The topological polar surface area (TPSA) is 70.8 Å². The molecule has 0 aliphatic carbocycles. The van der Waals surface area contributed by atoms with Gasteiger partial charge in [-0.2, -0.15) is 5.10 Å². The Kier molecular flexibility index (Phi) is 5.18. The number of rotatable bonds is 5. The summed E-state index contributed by atoms with van der Waals surface area (Å²) in [5.74, 6) is 0. The third-order valence-electron chi connectivity index (χ3n) is 4.12. The minimum Gasteiger partial charge on any atom is -0.298 e. The Labute approximate surface area is 141 Å². The quantitative estimate of drug-likeness (QED) is 0.673. The Morgan fingerprint density at radius 2 is 1.71 bits per heavy atom. The first-order valence-electron chi connectivity index (χ1n) is 8.03. The standard InChI is InChI=1S/C18H20N4O2/c23-22(24)18-9-5-4-8-17(18)20-19-16-10-12-21(13-11-16)14-15-6-2-1-3-7-15/h1-9,20H,10-14H2. The number of likely N-dealkylation sites (tertiary alicyclic amines) is 1. The van der Waals surface area contributed by atoms with Crippen molar-refractivity contribution in [3.8, 4) is 0 Å². The van der Waals surface area contributed by atoms with Crippen LogP contribution in [0.5, 0.6) is 0 Å². The van der Waals surface area contributed by atoms with E-state index in [-0.39, 0.29) is 5.69 Å². The molecule has 0 atom stereocenters. The molecule has 3 rings (SSSR count). The van der Waals surface area contributed by atoms with E-state index in [1.807, 2.05) is 6.07 Å². The number of piperidine rings is 1. The Bertz CT molecular complexity index is 721. The van der Waals surface area contributed by atoms with Crippen molar-refractivity contribution < 1.29 is 4.92 Å². The van der Waals surface area contributed by atoms with Crippen molar-refractivity contribution in [1.29, 1.82) is 0 Å². The van der Waals surface area contributed by atoms with E-state index in [1.54, 1.807) is 18.2 Å². The van der Waals surface area contributed by atoms with Gasteiger partial charge in [-0.05, 0) is 11.6 Å². The predicted molar refractivity (Wildman–Crippen MR) is 95.1 cm³/mol. The van der Waals surface area contributed by atoms with E-state index >= 15 is 0 Å². The molecule has 0 saturated carbocycles. The van der Waals surface area contributed by atoms with E-state index in [1.165, 1.54) is 11.6 Å². The third-order valence-corrected chi connectivity index (χ3v) is 4.12. The van der Waals surface area contributed by atoms with E-state index in [9.17, 15) is 10.1 Å². The normalized spacial score (nSPS) is 15.1. The number of nitro benzene ring substituents is 1.